The summed E-state index contributed by atoms with van der Waals surface area (Å²) in [4.78, 5) is 2.66. The zero-order valence-corrected chi connectivity index (χ0v) is 42.8. The fourth-order valence-electron chi connectivity index (χ4n) is 13.8. The van der Waals surface area contributed by atoms with Crippen molar-refractivity contribution in [2.45, 2.75) is 0 Å². The van der Waals surface area contributed by atoms with Crippen molar-refractivity contribution in [3.8, 4) is 44.8 Å². The van der Waals surface area contributed by atoms with Crippen LogP contribution in [0.15, 0.2) is 259 Å². The van der Waals surface area contributed by atoms with Crippen molar-refractivity contribution in [3.05, 3.63) is 255 Å². The first kappa shape index (κ1) is 42.4. The third-order valence-corrected chi connectivity index (χ3v) is 18.3. The summed E-state index contributed by atoms with van der Waals surface area (Å²) >= 11 is 1.93. The average molecular weight is 1010 g/mol. The molecule has 2 aliphatic rings. The first-order valence-corrected chi connectivity index (χ1v) is 27.7. The van der Waals surface area contributed by atoms with Gasteiger partial charge in [-0.1, -0.05) is 188 Å². The average Bonchev–Trinajstić information content (AvgIpc) is 3.37. The highest BCUT2D eigenvalue weighted by molar-refractivity contribution is 7.28. The second-order valence-corrected chi connectivity index (χ2v) is 22.1. The van der Waals surface area contributed by atoms with Crippen molar-refractivity contribution in [2.24, 2.45) is 0 Å². The number of hydrogen-bond acceptors (Lipinski definition) is 3. The van der Waals surface area contributed by atoms with Crippen LogP contribution in [0.5, 0.6) is 0 Å². The number of furan rings is 1. The monoisotopic (exact) mass is 1010 g/mol. The van der Waals surface area contributed by atoms with Crippen LogP contribution in [0.4, 0.5) is 17.1 Å². The fraction of sp³-hybridized carbons (Fsp3) is 0. The molecule has 6 heterocycles. The van der Waals surface area contributed by atoms with Crippen LogP contribution in [0.1, 0.15) is 0 Å². The number of anilines is 3. The molecular weight excluding hydrogens is 966 g/mol. The molecule has 18 rings (SSSR count). The van der Waals surface area contributed by atoms with Gasteiger partial charge in [0.05, 0.1) is 33.4 Å². The molecule has 0 radical (unpaired) electrons. The van der Waals surface area contributed by atoms with Gasteiger partial charge in [-0.05, 0) is 105 Å². The number of thiophene rings is 1. The highest BCUT2D eigenvalue weighted by Crippen LogP contribution is 2.52. The Hall–Kier alpha value is -9.88. The normalized spacial score (nSPS) is 12.8. The largest absolute Gasteiger partial charge is 0.456 e. The molecule has 12 aromatic carbocycles. The lowest BCUT2D eigenvalue weighted by Gasteiger charge is -2.42. The smallest absolute Gasteiger partial charge is 0.254 e. The van der Waals surface area contributed by atoms with E-state index in [1.54, 1.807) is 0 Å². The molecule has 0 saturated carbocycles. The predicted molar refractivity (Wildman–Crippen MR) is 331 cm³/mol. The summed E-state index contributed by atoms with van der Waals surface area (Å²) in [5, 5.41) is 9.77. The van der Waals surface area contributed by atoms with Crippen molar-refractivity contribution >= 4 is 137 Å². The molecular formula is C72H42BN3OS. The van der Waals surface area contributed by atoms with Gasteiger partial charge < -0.3 is 18.5 Å². The lowest BCUT2D eigenvalue weighted by molar-refractivity contribution is 0.669. The van der Waals surface area contributed by atoms with Gasteiger partial charge >= 0.3 is 0 Å². The van der Waals surface area contributed by atoms with Gasteiger partial charge in [0.1, 0.15) is 11.2 Å². The van der Waals surface area contributed by atoms with Crippen LogP contribution in [-0.2, 0) is 0 Å². The maximum atomic E-state index is 7.19. The number of aromatic nitrogens is 2. The van der Waals surface area contributed by atoms with Crippen molar-refractivity contribution < 1.29 is 4.42 Å². The first-order valence-electron chi connectivity index (χ1n) is 26.9. The molecule has 0 fully saturated rings. The van der Waals surface area contributed by atoms with E-state index in [1.165, 1.54) is 85.9 Å². The van der Waals surface area contributed by atoms with Crippen LogP contribution in [0.2, 0.25) is 0 Å². The molecule has 0 atom stereocenters. The Bertz CT molecular complexity index is 5110. The third-order valence-electron chi connectivity index (χ3n) is 17.1. The third kappa shape index (κ3) is 5.74. The van der Waals surface area contributed by atoms with Gasteiger partial charge in [-0.25, -0.2) is 0 Å². The van der Waals surface area contributed by atoms with E-state index < -0.39 is 0 Å². The van der Waals surface area contributed by atoms with Crippen molar-refractivity contribution in [1.82, 2.24) is 9.13 Å². The molecule has 0 saturated heterocycles. The van der Waals surface area contributed by atoms with E-state index in [9.17, 15) is 0 Å². The van der Waals surface area contributed by atoms with Gasteiger partial charge in [-0.3, -0.25) is 0 Å². The molecule has 0 aliphatic carbocycles. The molecule has 0 bridgehead atoms. The molecule has 16 aromatic rings. The number of rotatable bonds is 5. The molecule has 4 nitrogen and oxygen atoms in total. The highest BCUT2D eigenvalue weighted by atomic mass is 32.1. The van der Waals surface area contributed by atoms with E-state index in [1.807, 2.05) is 11.3 Å². The highest BCUT2D eigenvalue weighted by Gasteiger charge is 2.45. The standard InChI is InChI=1S/C72H42BN3OS/c1-4-19-43(20-5-1)46-35-36-53-55-41-62-58(42-66(55)77-65(53)37-46)73-68-63(75-61-33-16-12-27-52(61)56-40-57-54-28-13-17-34-67(54)78-72(57)69(73)71(56)75)38-47(74-59-31-14-10-25-50(59)51-26-11-15-32-60(51)74)39-64(68)76(62)70-48(44-21-6-2-7-22-44)29-18-30-49(70)45-23-8-3-9-24-45/h1-42H. The predicted octanol–water partition coefficient (Wildman–Crippen LogP) is 17.8. The molecule has 0 amide bonds. The minimum atomic E-state index is -0.175. The van der Waals surface area contributed by atoms with E-state index in [2.05, 4.69) is 269 Å². The van der Waals surface area contributed by atoms with Crippen LogP contribution in [0.25, 0.3) is 130 Å². The topological polar surface area (TPSA) is 26.2 Å². The van der Waals surface area contributed by atoms with Gasteiger partial charge in [-0.2, -0.15) is 0 Å². The molecule has 2 aliphatic heterocycles. The Balaban J connectivity index is 1.06. The van der Waals surface area contributed by atoms with Gasteiger partial charge in [0.25, 0.3) is 6.71 Å². The Morgan fingerprint density at radius 3 is 1.59 bits per heavy atom. The Kier molecular flexibility index (Phi) is 8.60. The van der Waals surface area contributed by atoms with E-state index >= 15 is 0 Å². The summed E-state index contributed by atoms with van der Waals surface area (Å²) < 4.78 is 15.0. The van der Waals surface area contributed by atoms with E-state index in [4.69, 9.17) is 4.42 Å². The second-order valence-electron chi connectivity index (χ2n) is 21.1. The van der Waals surface area contributed by atoms with Gasteiger partial charge in [0.2, 0.25) is 0 Å². The van der Waals surface area contributed by atoms with Crippen LogP contribution >= 0.6 is 11.3 Å². The summed E-state index contributed by atoms with van der Waals surface area (Å²) in [5.74, 6) is 0. The zero-order chi connectivity index (χ0) is 50.7. The first-order chi connectivity index (χ1) is 38.7. The molecule has 0 unspecified atom stereocenters. The summed E-state index contributed by atoms with van der Waals surface area (Å²) in [6.45, 7) is -0.175. The number of benzene rings is 12. The fourth-order valence-corrected chi connectivity index (χ4v) is 15.1. The lowest BCUT2D eigenvalue weighted by Crippen LogP contribution is -2.60. The van der Waals surface area contributed by atoms with Crippen molar-refractivity contribution in [3.63, 3.8) is 0 Å². The summed E-state index contributed by atoms with van der Waals surface area (Å²) in [6, 6.07) is 94.5. The zero-order valence-electron chi connectivity index (χ0n) is 42.0. The maximum absolute atomic E-state index is 7.19. The number of fused-ring (bicyclic) bond motifs is 17. The Morgan fingerprint density at radius 1 is 0.346 bits per heavy atom. The number of hydrogen-bond donors (Lipinski definition) is 0. The molecule has 6 heteroatoms. The number of para-hydroxylation sites is 4. The van der Waals surface area contributed by atoms with Crippen molar-refractivity contribution in [2.75, 3.05) is 4.90 Å². The van der Waals surface area contributed by atoms with Crippen LogP contribution < -0.4 is 21.3 Å². The Morgan fingerprint density at radius 2 is 0.910 bits per heavy atom. The number of nitrogens with zero attached hydrogens (tertiary/aromatic N) is 3. The minimum Gasteiger partial charge on any atom is -0.456 e. The van der Waals surface area contributed by atoms with E-state index in [-0.39, 0.29) is 6.71 Å². The SMILES string of the molecule is c1ccc(-c2ccc3c(c2)oc2cc4c(cc23)N(c2c(-c3ccccc3)cccc2-c2ccccc2)c2cc(-n3c5ccccc5c5ccccc53)cc3c2B4c2c4sc5ccccc5c4cc4c5ccccc5n-3c24)cc1. The molecule has 0 N–H and O–H groups in total. The van der Waals surface area contributed by atoms with Gasteiger partial charge in [0, 0.05) is 80.7 Å². The maximum Gasteiger partial charge on any atom is 0.254 e. The molecule has 0 spiro atoms. The molecule has 4 aromatic heterocycles. The quantitative estimate of drug-likeness (QED) is 0.161. The van der Waals surface area contributed by atoms with Gasteiger partial charge in [-0.15, -0.1) is 11.3 Å². The second kappa shape index (κ2) is 15.8. The lowest BCUT2D eigenvalue weighted by atomic mass is 9.33. The van der Waals surface area contributed by atoms with Crippen LogP contribution in [0.3, 0.4) is 0 Å². The molecule has 78 heavy (non-hydrogen) atoms. The van der Waals surface area contributed by atoms with Crippen LogP contribution in [-0.4, -0.2) is 15.8 Å². The van der Waals surface area contributed by atoms with Crippen LogP contribution in [0, 0.1) is 0 Å². The van der Waals surface area contributed by atoms with Crippen molar-refractivity contribution in [1.29, 1.82) is 0 Å². The summed E-state index contributed by atoms with van der Waals surface area (Å²) in [6.07, 6.45) is 0. The summed E-state index contributed by atoms with van der Waals surface area (Å²) in [7, 11) is 0. The molecule has 360 valence electrons. The van der Waals surface area contributed by atoms with Gasteiger partial charge in [0.15, 0.2) is 0 Å². The Labute approximate surface area is 452 Å². The van der Waals surface area contributed by atoms with E-state index in [0.717, 1.165) is 78.1 Å². The summed E-state index contributed by atoms with van der Waals surface area (Å²) in [5.41, 5.74) is 23.0. The van der Waals surface area contributed by atoms with E-state index in [0.29, 0.717) is 0 Å². The minimum absolute atomic E-state index is 0.175.